The largest absolute Gasteiger partial charge is 0.451 e. The molecule has 5 heteroatoms. The first kappa shape index (κ1) is 12.4. The van der Waals surface area contributed by atoms with Crippen molar-refractivity contribution in [3.05, 3.63) is 0 Å². The maximum absolute atomic E-state index is 14.4. The highest BCUT2D eigenvalue weighted by molar-refractivity contribution is 5.84. The molecule has 2 heterocycles. The van der Waals surface area contributed by atoms with E-state index in [-0.39, 0.29) is 6.10 Å². The second kappa shape index (κ2) is 4.17. The Hall–Kier alpha value is -0.680. The topological polar surface area (TPSA) is 44.8 Å². The monoisotopic (exact) mass is 258 g/mol. The van der Waals surface area contributed by atoms with E-state index in [9.17, 15) is 9.18 Å². The first-order valence-electron chi connectivity index (χ1n) is 6.73. The summed E-state index contributed by atoms with van der Waals surface area (Å²) < 4.78 is 31.0. The Morgan fingerprint density at radius 1 is 1.17 bits per heavy atom. The Morgan fingerprint density at radius 2 is 1.83 bits per heavy atom. The molecule has 0 N–H and O–H groups in total. The van der Waals surface area contributed by atoms with Crippen LogP contribution in [0.4, 0.5) is 4.39 Å². The fourth-order valence-electron chi connectivity index (χ4n) is 2.99. The highest BCUT2D eigenvalue weighted by atomic mass is 19.1. The highest BCUT2D eigenvalue weighted by Crippen LogP contribution is 2.55. The van der Waals surface area contributed by atoms with Crippen LogP contribution in [-0.2, 0) is 19.0 Å². The normalized spacial score (nSPS) is 48.7. The number of hydrogen-bond acceptors (Lipinski definition) is 4. The average Bonchev–Trinajstić information content (AvgIpc) is 2.94. The Kier molecular flexibility index (Phi) is 2.86. The van der Waals surface area contributed by atoms with Crippen LogP contribution in [0.3, 0.4) is 0 Å². The zero-order valence-corrected chi connectivity index (χ0v) is 10.6. The number of carbonyl (C=O) groups is 1. The summed E-state index contributed by atoms with van der Waals surface area (Å²) in [5, 5.41) is 0. The summed E-state index contributed by atoms with van der Waals surface area (Å²) in [5.41, 5.74) is -2.91. The van der Waals surface area contributed by atoms with Crippen molar-refractivity contribution in [3.63, 3.8) is 0 Å². The molecule has 1 saturated carbocycles. The number of ether oxygens (including phenoxy) is 3. The fourth-order valence-corrected chi connectivity index (χ4v) is 2.99. The van der Waals surface area contributed by atoms with E-state index in [1.807, 2.05) is 0 Å². The number of hydrogen-bond donors (Lipinski definition) is 0. The number of esters is 1. The minimum absolute atomic E-state index is 0.192. The van der Waals surface area contributed by atoms with E-state index in [0.717, 1.165) is 25.7 Å². The van der Waals surface area contributed by atoms with Crippen molar-refractivity contribution in [1.29, 1.82) is 0 Å². The van der Waals surface area contributed by atoms with Gasteiger partial charge in [0, 0.05) is 19.6 Å². The van der Waals surface area contributed by atoms with E-state index in [4.69, 9.17) is 14.2 Å². The second-order valence-corrected chi connectivity index (χ2v) is 5.65. The quantitative estimate of drug-likeness (QED) is 0.621. The average molecular weight is 258 g/mol. The summed E-state index contributed by atoms with van der Waals surface area (Å²) in [4.78, 5) is 11.6. The van der Waals surface area contributed by atoms with Crippen molar-refractivity contribution < 1.29 is 23.4 Å². The van der Waals surface area contributed by atoms with Crippen LogP contribution < -0.4 is 0 Å². The molecule has 4 nitrogen and oxygen atoms in total. The molecule has 1 spiro atoms. The predicted molar refractivity (Wildman–Crippen MR) is 60.9 cm³/mol. The summed E-state index contributed by atoms with van der Waals surface area (Å²) in [6.45, 7) is 2.39. The van der Waals surface area contributed by atoms with E-state index < -0.39 is 23.3 Å². The van der Waals surface area contributed by atoms with Crippen molar-refractivity contribution in [1.82, 2.24) is 0 Å². The summed E-state index contributed by atoms with van der Waals surface area (Å²) in [6, 6.07) is 0. The molecule has 0 aromatic heterocycles. The van der Waals surface area contributed by atoms with Crippen molar-refractivity contribution in [2.45, 2.75) is 62.5 Å². The lowest BCUT2D eigenvalue weighted by atomic mass is 9.98. The van der Waals surface area contributed by atoms with Gasteiger partial charge in [-0.25, -0.2) is 9.18 Å². The molecule has 2 aliphatic heterocycles. The summed E-state index contributed by atoms with van der Waals surface area (Å²) in [5.74, 6) is -0.810. The molecule has 0 amide bonds. The Morgan fingerprint density at radius 3 is 2.56 bits per heavy atom. The van der Waals surface area contributed by atoms with Crippen molar-refractivity contribution >= 4 is 5.97 Å². The zero-order chi connectivity index (χ0) is 12.8. The van der Waals surface area contributed by atoms with E-state index in [1.54, 1.807) is 0 Å². The van der Waals surface area contributed by atoms with Gasteiger partial charge < -0.3 is 14.2 Å². The van der Waals surface area contributed by atoms with E-state index in [2.05, 4.69) is 0 Å². The first-order chi connectivity index (χ1) is 8.57. The molecule has 0 bridgehead atoms. The third-order valence-electron chi connectivity index (χ3n) is 4.15. The Labute approximate surface area is 106 Å². The molecule has 3 fully saturated rings. The van der Waals surface area contributed by atoms with Crippen molar-refractivity contribution in [3.8, 4) is 0 Å². The minimum Gasteiger partial charge on any atom is -0.451 e. The van der Waals surface area contributed by atoms with E-state index in [0.29, 0.717) is 19.6 Å². The van der Waals surface area contributed by atoms with Crippen LogP contribution in [0.2, 0.25) is 0 Å². The van der Waals surface area contributed by atoms with Gasteiger partial charge in [0.2, 0.25) is 5.67 Å². The molecule has 2 saturated heterocycles. The number of alkyl halides is 1. The molecule has 3 rings (SSSR count). The molecule has 0 aromatic rings. The Bertz CT molecular complexity index is 357. The second-order valence-electron chi connectivity index (χ2n) is 5.65. The van der Waals surface area contributed by atoms with Crippen LogP contribution in [0.1, 0.15) is 39.0 Å². The molecule has 0 radical (unpaired) electrons. The fraction of sp³-hybridized carbons (Fsp3) is 0.923. The van der Waals surface area contributed by atoms with Gasteiger partial charge in [-0.05, 0) is 19.8 Å². The van der Waals surface area contributed by atoms with Gasteiger partial charge in [0.25, 0.3) is 0 Å². The summed E-state index contributed by atoms with van der Waals surface area (Å²) in [6.07, 6.45) is 3.58. The number of rotatable bonds is 0. The highest BCUT2D eigenvalue weighted by Gasteiger charge is 2.76. The SMILES string of the molecule is C[C@]1(F)C(=O)OC23CC2OCCCCCCO[C@H]31. The van der Waals surface area contributed by atoms with Crippen LogP contribution in [0, 0.1) is 0 Å². The molecule has 0 aromatic carbocycles. The van der Waals surface area contributed by atoms with Gasteiger partial charge in [-0.15, -0.1) is 0 Å². The van der Waals surface area contributed by atoms with E-state index in [1.165, 1.54) is 6.92 Å². The van der Waals surface area contributed by atoms with Crippen molar-refractivity contribution in [2.75, 3.05) is 13.2 Å². The minimum atomic E-state index is -2.05. The van der Waals surface area contributed by atoms with Gasteiger partial charge in [0.15, 0.2) is 5.60 Å². The number of halogens is 1. The smallest absolute Gasteiger partial charge is 0.347 e. The molecule has 3 aliphatic rings. The van der Waals surface area contributed by atoms with Gasteiger partial charge in [-0.2, -0.15) is 0 Å². The predicted octanol–water partition coefficient (Wildman–Crippen LogP) is 1.76. The van der Waals surface area contributed by atoms with E-state index >= 15 is 0 Å². The Balaban J connectivity index is 1.80. The molecule has 102 valence electrons. The van der Waals surface area contributed by atoms with Crippen LogP contribution in [-0.4, -0.2) is 42.7 Å². The van der Waals surface area contributed by atoms with Crippen LogP contribution in [0.15, 0.2) is 0 Å². The third kappa shape index (κ3) is 1.75. The summed E-state index contributed by atoms with van der Waals surface area (Å²) in [7, 11) is 0. The summed E-state index contributed by atoms with van der Waals surface area (Å²) >= 11 is 0. The van der Waals surface area contributed by atoms with Gasteiger partial charge in [-0.1, -0.05) is 12.8 Å². The molecule has 18 heavy (non-hydrogen) atoms. The maximum atomic E-state index is 14.4. The molecule has 2 unspecified atom stereocenters. The first-order valence-corrected chi connectivity index (χ1v) is 6.73. The zero-order valence-electron chi connectivity index (χ0n) is 10.6. The number of carbonyl (C=O) groups excluding carboxylic acids is 1. The lowest BCUT2D eigenvalue weighted by molar-refractivity contribution is -0.151. The third-order valence-corrected chi connectivity index (χ3v) is 4.15. The lowest BCUT2D eigenvalue weighted by Crippen LogP contribution is -2.44. The molecular formula is C13H19FO4. The van der Waals surface area contributed by atoms with Crippen LogP contribution in [0.25, 0.3) is 0 Å². The van der Waals surface area contributed by atoms with Gasteiger partial charge in [0.05, 0.1) is 0 Å². The molecule has 4 atom stereocenters. The lowest BCUT2D eigenvalue weighted by Gasteiger charge is -2.23. The standard InChI is InChI=1S/C13H19FO4/c1-12(14)10-13(18-11(12)15)8-9(13)16-6-4-2-3-5-7-17-10/h9-10H,2-8H2,1H3/t9?,10-,12+,13?/m0/s1. The molecule has 1 aliphatic carbocycles. The van der Waals surface area contributed by atoms with Gasteiger partial charge >= 0.3 is 5.97 Å². The van der Waals surface area contributed by atoms with Gasteiger partial charge in [-0.3, -0.25) is 0 Å². The van der Waals surface area contributed by atoms with Crippen LogP contribution in [0.5, 0.6) is 0 Å². The van der Waals surface area contributed by atoms with Crippen molar-refractivity contribution in [2.24, 2.45) is 0 Å². The molecular weight excluding hydrogens is 239 g/mol. The van der Waals surface area contributed by atoms with Crippen LogP contribution >= 0.6 is 0 Å². The van der Waals surface area contributed by atoms with Gasteiger partial charge in [0.1, 0.15) is 12.2 Å². The maximum Gasteiger partial charge on any atom is 0.347 e.